The van der Waals surface area contributed by atoms with E-state index in [1.807, 2.05) is 34.0 Å². The SMILES string of the molecule is C=C(C=NC=C(C)C)Oc1ccc(F)cc1.CC.CCCC[C-]=O.[CH3-].[K+]. The quantitative estimate of drug-likeness (QED) is 0.236. The second-order valence-corrected chi connectivity index (χ2v) is 4.75. The van der Waals surface area contributed by atoms with E-state index in [1.165, 1.54) is 30.5 Å². The van der Waals surface area contributed by atoms with Crippen molar-refractivity contribution in [2.24, 2.45) is 4.99 Å². The average Bonchev–Trinajstić information content (AvgIpc) is 2.57. The van der Waals surface area contributed by atoms with Crippen LogP contribution >= 0.6 is 0 Å². The Kier molecular flexibility index (Phi) is 31.0. The first-order chi connectivity index (χ1) is 11.5. The summed E-state index contributed by atoms with van der Waals surface area (Å²) in [5, 5.41) is 0. The summed E-state index contributed by atoms with van der Waals surface area (Å²) >= 11 is 0. The molecule has 0 atom stereocenters. The second-order valence-electron chi connectivity index (χ2n) is 4.75. The van der Waals surface area contributed by atoms with Crippen LogP contribution in [0.4, 0.5) is 4.39 Å². The first-order valence-corrected chi connectivity index (χ1v) is 8.13. The molecular formula is C21H32FKNO2-. The smallest absolute Gasteiger partial charge is 0.542 e. The summed E-state index contributed by atoms with van der Waals surface area (Å²) in [4.78, 5) is 13.4. The second kappa shape index (κ2) is 24.4. The van der Waals surface area contributed by atoms with E-state index in [0.29, 0.717) is 17.9 Å². The van der Waals surface area contributed by atoms with Crippen LogP contribution in [0, 0.1) is 13.2 Å². The first-order valence-electron chi connectivity index (χ1n) is 8.13. The van der Waals surface area contributed by atoms with E-state index in [4.69, 9.17) is 4.74 Å². The van der Waals surface area contributed by atoms with Gasteiger partial charge in [-0.15, -0.1) is 0 Å². The molecule has 5 heteroatoms. The number of halogens is 1. The van der Waals surface area contributed by atoms with Crippen molar-refractivity contribution >= 4 is 12.5 Å². The first kappa shape index (κ1) is 33.0. The minimum absolute atomic E-state index is 0. The Morgan fingerprint density at radius 2 is 1.81 bits per heavy atom. The summed E-state index contributed by atoms with van der Waals surface area (Å²) in [6.07, 6.45) is 7.73. The molecule has 0 aliphatic heterocycles. The van der Waals surface area contributed by atoms with Crippen molar-refractivity contribution in [3.05, 3.63) is 61.6 Å². The van der Waals surface area contributed by atoms with E-state index < -0.39 is 0 Å². The topological polar surface area (TPSA) is 38.7 Å². The molecule has 1 aromatic carbocycles. The number of allylic oxidation sites excluding steroid dienone is 2. The molecule has 26 heavy (non-hydrogen) atoms. The Balaban J connectivity index is -0.000000208. The zero-order chi connectivity index (χ0) is 18.8. The molecule has 1 aromatic rings. The molecule has 142 valence electrons. The van der Waals surface area contributed by atoms with Crippen LogP contribution in [-0.2, 0) is 4.79 Å². The van der Waals surface area contributed by atoms with E-state index in [2.05, 4.69) is 18.5 Å². The number of nitrogens with zero attached hydrogens (tertiary/aromatic N) is 1. The number of rotatable bonds is 7. The average molecular weight is 389 g/mol. The Labute approximate surface area is 202 Å². The number of ether oxygens (including phenoxy) is 1. The van der Waals surface area contributed by atoms with Gasteiger partial charge >= 0.3 is 51.4 Å². The van der Waals surface area contributed by atoms with Crippen molar-refractivity contribution in [3.8, 4) is 5.75 Å². The summed E-state index contributed by atoms with van der Waals surface area (Å²) in [7, 11) is 0. The van der Waals surface area contributed by atoms with Crippen molar-refractivity contribution in [1.29, 1.82) is 0 Å². The Morgan fingerprint density at radius 3 is 2.19 bits per heavy atom. The fourth-order valence-corrected chi connectivity index (χ4v) is 1.20. The summed E-state index contributed by atoms with van der Waals surface area (Å²) in [6.45, 7) is 13.6. The molecule has 0 spiro atoms. The molecule has 0 heterocycles. The number of aliphatic imine (C=N–C) groups is 1. The molecule has 0 N–H and O–H groups in total. The number of benzene rings is 1. The molecule has 0 radical (unpaired) electrons. The molecule has 0 saturated heterocycles. The van der Waals surface area contributed by atoms with Crippen molar-refractivity contribution in [3.63, 3.8) is 0 Å². The molecule has 0 aromatic heterocycles. The van der Waals surface area contributed by atoms with E-state index >= 15 is 0 Å². The molecular weight excluding hydrogens is 356 g/mol. The molecule has 0 aliphatic carbocycles. The van der Waals surface area contributed by atoms with E-state index in [1.54, 1.807) is 6.20 Å². The van der Waals surface area contributed by atoms with Gasteiger partial charge in [-0.2, -0.15) is 6.42 Å². The number of hydrogen-bond donors (Lipinski definition) is 0. The van der Waals surface area contributed by atoms with Gasteiger partial charge in [0.05, 0.1) is 6.21 Å². The van der Waals surface area contributed by atoms with Crippen molar-refractivity contribution in [2.75, 3.05) is 0 Å². The van der Waals surface area contributed by atoms with E-state index in [-0.39, 0.29) is 64.6 Å². The fraction of sp³-hybridized carbons (Fsp3) is 0.381. The van der Waals surface area contributed by atoms with Crippen molar-refractivity contribution in [2.45, 2.75) is 53.9 Å². The third kappa shape index (κ3) is 23.4. The van der Waals surface area contributed by atoms with Gasteiger partial charge in [0, 0.05) is 6.20 Å². The van der Waals surface area contributed by atoms with Crippen molar-refractivity contribution in [1.82, 2.24) is 0 Å². The number of hydrogen-bond acceptors (Lipinski definition) is 3. The van der Waals surface area contributed by atoms with Gasteiger partial charge in [0.1, 0.15) is 17.3 Å². The zero-order valence-corrected chi connectivity index (χ0v) is 20.6. The van der Waals surface area contributed by atoms with Crippen LogP contribution in [0.25, 0.3) is 0 Å². The van der Waals surface area contributed by atoms with Gasteiger partial charge < -0.3 is 17.0 Å². The standard InChI is InChI=1S/C13H14FNO.C5H9O.C2H6.CH3.K/c1-10(2)8-15-9-11(3)16-13-6-4-12(14)5-7-13;1-2-3-4-5-6;1-2;;/h4-9H,3H2,1-2H3;2-4H2,1H3;1-2H3;1H3;/q;-1;;-1;+1. The molecule has 0 bridgehead atoms. The van der Waals surface area contributed by atoms with Crippen LogP contribution in [-0.4, -0.2) is 12.5 Å². The summed E-state index contributed by atoms with van der Waals surface area (Å²) in [5.74, 6) is 0.648. The Bertz CT molecular complexity index is 507. The molecule has 1 rings (SSSR count). The zero-order valence-electron chi connectivity index (χ0n) is 17.4. The summed E-state index contributed by atoms with van der Waals surface area (Å²) in [5.41, 5.74) is 1.09. The van der Waals surface area contributed by atoms with Gasteiger partial charge in [-0.05, 0) is 38.1 Å². The van der Waals surface area contributed by atoms with Crippen LogP contribution in [0.15, 0.2) is 53.4 Å². The number of carbonyl (C=O) groups excluding carboxylic acids is 1. The van der Waals surface area contributed by atoms with Gasteiger partial charge in [-0.3, -0.25) is 11.3 Å². The van der Waals surface area contributed by atoms with Crippen molar-refractivity contribution < 1.29 is 65.3 Å². The van der Waals surface area contributed by atoms with Gasteiger partial charge in [0.25, 0.3) is 0 Å². The molecule has 0 aliphatic rings. The van der Waals surface area contributed by atoms with Crippen LogP contribution in [0.1, 0.15) is 53.9 Å². The summed E-state index contributed by atoms with van der Waals surface area (Å²) in [6, 6.07) is 5.73. The minimum Gasteiger partial charge on any atom is -0.542 e. The normalized spacial score (nSPS) is 8.38. The number of unbranched alkanes of at least 4 members (excludes halogenated alkanes) is 2. The molecule has 0 fully saturated rings. The Hall–Kier alpha value is -0.594. The maximum atomic E-state index is 12.6. The maximum Gasteiger partial charge on any atom is 1.00 e. The van der Waals surface area contributed by atoms with Crippen LogP contribution in [0.5, 0.6) is 5.75 Å². The fourth-order valence-electron chi connectivity index (χ4n) is 1.20. The van der Waals surface area contributed by atoms with Crippen LogP contribution < -0.4 is 56.1 Å². The molecule has 3 nitrogen and oxygen atoms in total. The van der Waals surface area contributed by atoms with E-state index in [9.17, 15) is 9.18 Å². The van der Waals surface area contributed by atoms with Gasteiger partial charge in [0.2, 0.25) is 0 Å². The van der Waals surface area contributed by atoms with Crippen LogP contribution in [0.2, 0.25) is 0 Å². The third-order valence-electron chi connectivity index (χ3n) is 2.25. The molecule has 0 unspecified atom stereocenters. The summed E-state index contributed by atoms with van der Waals surface area (Å²) < 4.78 is 17.9. The third-order valence-corrected chi connectivity index (χ3v) is 2.25. The Morgan fingerprint density at radius 1 is 1.27 bits per heavy atom. The van der Waals surface area contributed by atoms with E-state index in [0.717, 1.165) is 18.4 Å². The predicted octanol–water partition coefficient (Wildman–Crippen LogP) is 3.48. The molecule has 0 amide bonds. The largest absolute Gasteiger partial charge is 1.00 e. The van der Waals surface area contributed by atoms with Crippen LogP contribution in [0.3, 0.4) is 0 Å². The van der Waals surface area contributed by atoms with Gasteiger partial charge in [-0.25, -0.2) is 4.39 Å². The maximum absolute atomic E-state index is 12.6. The van der Waals surface area contributed by atoms with Gasteiger partial charge in [0.15, 0.2) is 0 Å². The molecule has 0 saturated carbocycles. The van der Waals surface area contributed by atoms with Gasteiger partial charge in [-0.1, -0.05) is 45.8 Å². The monoisotopic (exact) mass is 388 g/mol. The minimum atomic E-state index is -0.295. The predicted molar refractivity (Wildman–Crippen MR) is 107 cm³/mol.